The van der Waals surface area contributed by atoms with E-state index in [2.05, 4.69) is 47.7 Å². The molecular formula is C15H21N3OS. The number of benzene rings is 1. The highest BCUT2D eigenvalue weighted by atomic mass is 32.2. The van der Waals surface area contributed by atoms with Gasteiger partial charge in [0.2, 0.25) is 11.7 Å². The zero-order chi connectivity index (χ0) is 14.5. The number of nitrogens with zero attached hydrogens (tertiary/aromatic N) is 2. The van der Waals surface area contributed by atoms with Crippen LogP contribution < -0.4 is 5.32 Å². The molecule has 1 heterocycles. The van der Waals surface area contributed by atoms with Crippen LogP contribution in [-0.2, 0) is 0 Å². The fraction of sp³-hybridized carbons (Fsp3) is 0.467. The van der Waals surface area contributed by atoms with Crippen molar-refractivity contribution in [2.45, 2.75) is 37.1 Å². The van der Waals surface area contributed by atoms with Crippen molar-refractivity contribution in [2.24, 2.45) is 0 Å². The lowest BCUT2D eigenvalue weighted by Gasteiger charge is -2.17. The summed E-state index contributed by atoms with van der Waals surface area (Å²) in [4.78, 5) is 5.78. The summed E-state index contributed by atoms with van der Waals surface area (Å²) in [5.41, 5.74) is 0.991. The van der Waals surface area contributed by atoms with Crippen molar-refractivity contribution < 1.29 is 4.52 Å². The normalized spacial score (nSPS) is 14.2. The average molecular weight is 291 g/mol. The fourth-order valence-corrected chi connectivity index (χ4v) is 2.59. The molecule has 5 heteroatoms. The maximum absolute atomic E-state index is 5.45. The molecule has 1 aromatic heterocycles. The largest absolute Gasteiger partial charge is 0.339 e. The van der Waals surface area contributed by atoms with Crippen molar-refractivity contribution in [2.75, 3.05) is 13.3 Å². The third-order valence-corrected chi connectivity index (χ3v) is 4.35. The molecule has 0 bridgehead atoms. The monoisotopic (exact) mass is 291 g/mol. The first-order valence-corrected chi connectivity index (χ1v) is 8.07. The number of thioether (sulfide) groups is 1. The zero-order valence-corrected chi connectivity index (χ0v) is 13.2. The molecule has 0 fully saturated rings. The summed E-state index contributed by atoms with van der Waals surface area (Å²) in [6.07, 6.45) is 3.03. The molecule has 0 aliphatic carbocycles. The molecule has 1 aromatic carbocycles. The van der Waals surface area contributed by atoms with E-state index in [1.807, 2.05) is 19.2 Å². The number of hydrogen-bond donors (Lipinski definition) is 1. The van der Waals surface area contributed by atoms with Gasteiger partial charge in [0.05, 0.1) is 5.92 Å². The third kappa shape index (κ3) is 3.22. The number of likely N-dealkylation sites (N-methyl/N-ethyl adjacent to an activating group) is 1. The molecule has 108 valence electrons. The van der Waals surface area contributed by atoms with Crippen molar-refractivity contribution in [1.82, 2.24) is 15.5 Å². The molecule has 4 nitrogen and oxygen atoms in total. The Morgan fingerprint density at radius 2 is 2.00 bits per heavy atom. The Hall–Kier alpha value is -1.33. The van der Waals surface area contributed by atoms with E-state index in [9.17, 15) is 0 Å². The lowest BCUT2D eigenvalue weighted by molar-refractivity contribution is 0.322. The van der Waals surface area contributed by atoms with Crippen molar-refractivity contribution in [1.29, 1.82) is 0 Å². The van der Waals surface area contributed by atoms with E-state index >= 15 is 0 Å². The topological polar surface area (TPSA) is 51.0 Å². The Morgan fingerprint density at radius 1 is 1.30 bits per heavy atom. The van der Waals surface area contributed by atoms with Gasteiger partial charge in [0.25, 0.3) is 0 Å². The predicted octanol–water partition coefficient (Wildman–Crippen LogP) is 3.56. The van der Waals surface area contributed by atoms with Gasteiger partial charge in [-0.2, -0.15) is 4.98 Å². The van der Waals surface area contributed by atoms with Gasteiger partial charge in [0.1, 0.15) is 0 Å². The standard InChI is InChI=1S/C15H21N3OS/c1-5-13(10(2)16-3)15-17-14(18-19-15)11-6-8-12(20-4)9-7-11/h6-10,13,16H,5H2,1-4H3. The van der Waals surface area contributed by atoms with Gasteiger partial charge in [-0.25, -0.2) is 0 Å². The van der Waals surface area contributed by atoms with Gasteiger partial charge >= 0.3 is 0 Å². The van der Waals surface area contributed by atoms with Crippen LogP contribution in [0.3, 0.4) is 0 Å². The van der Waals surface area contributed by atoms with Crippen LogP contribution in [0.15, 0.2) is 33.7 Å². The average Bonchev–Trinajstić information content (AvgIpc) is 2.97. The summed E-state index contributed by atoms with van der Waals surface area (Å²) in [6.45, 7) is 4.26. The summed E-state index contributed by atoms with van der Waals surface area (Å²) in [5, 5.41) is 7.35. The SMILES string of the molecule is CCC(c1nc(-c2ccc(SC)cc2)no1)C(C)NC. The van der Waals surface area contributed by atoms with Crippen molar-refractivity contribution in [3.63, 3.8) is 0 Å². The molecule has 0 saturated heterocycles. The fourth-order valence-electron chi connectivity index (χ4n) is 2.19. The number of nitrogens with one attached hydrogen (secondary N) is 1. The summed E-state index contributed by atoms with van der Waals surface area (Å²) < 4.78 is 5.45. The molecule has 0 spiro atoms. The van der Waals surface area contributed by atoms with Gasteiger partial charge in [-0.1, -0.05) is 12.1 Å². The minimum absolute atomic E-state index is 0.242. The van der Waals surface area contributed by atoms with Crippen LogP contribution in [0.2, 0.25) is 0 Å². The maximum atomic E-state index is 5.45. The van der Waals surface area contributed by atoms with E-state index in [0.29, 0.717) is 17.8 Å². The Balaban J connectivity index is 2.22. The first-order chi connectivity index (χ1) is 9.69. The second-order valence-electron chi connectivity index (χ2n) is 4.78. The van der Waals surface area contributed by atoms with E-state index < -0.39 is 0 Å². The van der Waals surface area contributed by atoms with Gasteiger partial charge in [-0.05, 0) is 50.9 Å². The zero-order valence-electron chi connectivity index (χ0n) is 12.4. The highest BCUT2D eigenvalue weighted by molar-refractivity contribution is 7.98. The van der Waals surface area contributed by atoms with Gasteiger partial charge in [-0.15, -0.1) is 11.8 Å². The quantitative estimate of drug-likeness (QED) is 0.825. The Bertz CT molecular complexity index is 538. The smallest absolute Gasteiger partial charge is 0.231 e. The lowest BCUT2D eigenvalue weighted by atomic mass is 9.98. The van der Waals surface area contributed by atoms with Crippen molar-refractivity contribution >= 4 is 11.8 Å². The van der Waals surface area contributed by atoms with Crippen molar-refractivity contribution in [3.05, 3.63) is 30.2 Å². The van der Waals surface area contributed by atoms with Gasteiger partial charge in [-0.3, -0.25) is 0 Å². The molecule has 0 aliphatic heterocycles. The van der Waals surface area contributed by atoms with Crippen LogP contribution in [0.25, 0.3) is 11.4 Å². The summed E-state index contributed by atoms with van der Waals surface area (Å²) >= 11 is 1.72. The van der Waals surface area contributed by atoms with E-state index in [0.717, 1.165) is 12.0 Å². The molecule has 0 saturated carbocycles. The highest BCUT2D eigenvalue weighted by Crippen LogP contribution is 2.25. The molecule has 0 amide bonds. The Kier molecular flexibility index (Phi) is 5.20. The van der Waals surface area contributed by atoms with E-state index in [1.54, 1.807) is 11.8 Å². The molecule has 2 atom stereocenters. The minimum Gasteiger partial charge on any atom is -0.339 e. The summed E-state index contributed by atoms with van der Waals surface area (Å²) in [5.74, 6) is 1.61. The van der Waals surface area contributed by atoms with E-state index in [-0.39, 0.29) is 5.92 Å². The molecule has 0 aliphatic rings. The first kappa shape index (κ1) is 15.1. The minimum atomic E-state index is 0.242. The third-order valence-electron chi connectivity index (χ3n) is 3.61. The first-order valence-electron chi connectivity index (χ1n) is 6.84. The van der Waals surface area contributed by atoms with Crippen LogP contribution in [0.4, 0.5) is 0 Å². The van der Waals surface area contributed by atoms with Crippen LogP contribution in [0.5, 0.6) is 0 Å². The molecule has 2 rings (SSSR count). The summed E-state index contributed by atoms with van der Waals surface area (Å²) in [6, 6.07) is 8.52. The maximum Gasteiger partial charge on any atom is 0.231 e. The number of rotatable bonds is 6. The van der Waals surface area contributed by atoms with E-state index in [4.69, 9.17) is 4.52 Å². The molecule has 2 unspecified atom stereocenters. The molecule has 20 heavy (non-hydrogen) atoms. The van der Waals surface area contributed by atoms with Gasteiger partial charge in [0.15, 0.2) is 0 Å². The summed E-state index contributed by atoms with van der Waals surface area (Å²) in [7, 11) is 1.95. The number of hydrogen-bond acceptors (Lipinski definition) is 5. The molecular weight excluding hydrogens is 270 g/mol. The Morgan fingerprint density at radius 3 is 2.55 bits per heavy atom. The lowest BCUT2D eigenvalue weighted by Crippen LogP contribution is -2.28. The van der Waals surface area contributed by atoms with Crippen molar-refractivity contribution in [3.8, 4) is 11.4 Å². The molecule has 2 aromatic rings. The number of aromatic nitrogens is 2. The Labute approximate surface area is 124 Å². The van der Waals surface area contributed by atoms with Gasteiger partial charge in [0, 0.05) is 16.5 Å². The van der Waals surface area contributed by atoms with Crippen LogP contribution in [-0.4, -0.2) is 29.5 Å². The van der Waals surface area contributed by atoms with Crippen LogP contribution in [0.1, 0.15) is 32.1 Å². The predicted molar refractivity (Wildman–Crippen MR) is 83.1 cm³/mol. The second kappa shape index (κ2) is 6.90. The second-order valence-corrected chi connectivity index (χ2v) is 5.66. The van der Waals surface area contributed by atoms with E-state index in [1.165, 1.54) is 4.90 Å². The van der Waals surface area contributed by atoms with Gasteiger partial charge < -0.3 is 9.84 Å². The molecule has 1 N–H and O–H groups in total. The molecule has 0 radical (unpaired) electrons. The van der Waals surface area contributed by atoms with Crippen LogP contribution in [0, 0.1) is 0 Å². The van der Waals surface area contributed by atoms with Crippen LogP contribution >= 0.6 is 11.8 Å². The highest BCUT2D eigenvalue weighted by Gasteiger charge is 2.22.